The third kappa shape index (κ3) is 4.85. The van der Waals surface area contributed by atoms with Gasteiger partial charge in [0.2, 0.25) is 0 Å². The van der Waals surface area contributed by atoms with Crippen LogP contribution in [0.1, 0.15) is 41.8 Å². The van der Waals surface area contributed by atoms with E-state index in [9.17, 15) is 9.59 Å². The molecule has 0 aromatic heterocycles. The second-order valence-electron chi connectivity index (χ2n) is 6.02. The summed E-state index contributed by atoms with van der Waals surface area (Å²) in [5.74, 6) is 0.106. The summed E-state index contributed by atoms with van der Waals surface area (Å²) in [6, 6.07) is 12.7. The van der Waals surface area contributed by atoms with Crippen LogP contribution in [0.15, 0.2) is 42.5 Å². The predicted octanol–water partition coefficient (Wildman–Crippen LogP) is 4.28. The van der Waals surface area contributed by atoms with Crippen LogP contribution in [0.3, 0.4) is 0 Å². The van der Waals surface area contributed by atoms with Gasteiger partial charge in [0.1, 0.15) is 5.75 Å². The van der Waals surface area contributed by atoms with Crippen molar-refractivity contribution in [2.45, 2.75) is 40.2 Å². The third-order valence-electron chi connectivity index (χ3n) is 4.02. The second-order valence-corrected chi connectivity index (χ2v) is 6.02. The van der Waals surface area contributed by atoms with Gasteiger partial charge in [-0.05, 0) is 62.6 Å². The first-order valence-electron chi connectivity index (χ1n) is 8.77. The molecule has 0 saturated carbocycles. The van der Waals surface area contributed by atoms with Gasteiger partial charge >= 0.3 is 5.97 Å². The Kier molecular flexibility index (Phi) is 6.78. The lowest BCUT2D eigenvalue weighted by atomic mass is 10.1. The molecule has 0 radical (unpaired) electrons. The van der Waals surface area contributed by atoms with Gasteiger partial charge in [-0.3, -0.25) is 4.79 Å². The third-order valence-corrected chi connectivity index (χ3v) is 4.02. The number of aryl methyl sites for hydroxylation is 2. The highest BCUT2D eigenvalue weighted by molar-refractivity contribution is 5.96. The van der Waals surface area contributed by atoms with Gasteiger partial charge in [-0.15, -0.1) is 0 Å². The molecule has 0 aliphatic rings. The normalized spacial score (nSPS) is 11.5. The maximum atomic E-state index is 12.6. The molecule has 1 N–H and O–H groups in total. The number of anilines is 1. The molecule has 0 saturated heterocycles. The molecule has 26 heavy (non-hydrogen) atoms. The van der Waals surface area contributed by atoms with Crippen LogP contribution in [0.2, 0.25) is 0 Å². The summed E-state index contributed by atoms with van der Waals surface area (Å²) in [5.41, 5.74) is 2.88. The summed E-state index contributed by atoms with van der Waals surface area (Å²) in [6.07, 6.45) is -0.0552. The van der Waals surface area contributed by atoms with Crippen LogP contribution in [0.5, 0.6) is 5.75 Å². The van der Waals surface area contributed by atoms with Crippen molar-refractivity contribution in [1.29, 1.82) is 0 Å². The van der Waals surface area contributed by atoms with E-state index in [-0.39, 0.29) is 11.9 Å². The Labute approximate surface area is 154 Å². The van der Waals surface area contributed by atoms with Crippen molar-refractivity contribution in [1.82, 2.24) is 0 Å². The molecule has 5 heteroatoms. The van der Waals surface area contributed by atoms with Crippen molar-refractivity contribution >= 4 is 17.6 Å². The van der Waals surface area contributed by atoms with Gasteiger partial charge in [-0.1, -0.05) is 25.1 Å². The summed E-state index contributed by atoms with van der Waals surface area (Å²) in [6.45, 7) is 7.77. The van der Waals surface area contributed by atoms with Crippen molar-refractivity contribution in [2.75, 3.05) is 11.9 Å². The first-order valence-corrected chi connectivity index (χ1v) is 8.77. The molecule has 5 nitrogen and oxygen atoms in total. The molecule has 1 amide bonds. The number of benzene rings is 2. The van der Waals surface area contributed by atoms with E-state index < -0.39 is 6.10 Å². The van der Waals surface area contributed by atoms with Gasteiger partial charge in [0.05, 0.1) is 12.2 Å². The van der Waals surface area contributed by atoms with Crippen molar-refractivity contribution in [3.63, 3.8) is 0 Å². The Bertz CT molecular complexity index is 785. The molecule has 2 rings (SSSR count). The zero-order valence-electron chi connectivity index (χ0n) is 15.7. The summed E-state index contributed by atoms with van der Waals surface area (Å²) in [5, 5.41) is 2.88. The van der Waals surface area contributed by atoms with E-state index in [1.165, 1.54) is 0 Å². The summed E-state index contributed by atoms with van der Waals surface area (Å²) < 4.78 is 10.9. The SMILES string of the molecule is CCOC(=O)c1ccc(NC(=O)[C@H](CC)Oc2ccccc2C)c(C)c1. The number of hydrogen-bond acceptors (Lipinski definition) is 4. The van der Waals surface area contributed by atoms with Crippen LogP contribution in [0.25, 0.3) is 0 Å². The molecule has 0 bridgehead atoms. The molecule has 0 spiro atoms. The fourth-order valence-corrected chi connectivity index (χ4v) is 2.52. The van der Waals surface area contributed by atoms with Crippen molar-refractivity contribution < 1.29 is 19.1 Å². The number of nitrogens with one attached hydrogen (secondary N) is 1. The van der Waals surface area contributed by atoms with E-state index in [2.05, 4.69) is 5.32 Å². The van der Waals surface area contributed by atoms with Gasteiger partial charge in [0.25, 0.3) is 5.91 Å². The van der Waals surface area contributed by atoms with E-state index in [0.717, 1.165) is 11.1 Å². The van der Waals surface area contributed by atoms with Gasteiger partial charge in [0, 0.05) is 5.69 Å². The number of carbonyl (C=O) groups excluding carboxylic acids is 2. The lowest BCUT2D eigenvalue weighted by molar-refractivity contribution is -0.122. The van der Waals surface area contributed by atoms with Gasteiger partial charge in [-0.25, -0.2) is 4.79 Å². The second kappa shape index (κ2) is 9.04. The van der Waals surface area contributed by atoms with Gasteiger partial charge in [0.15, 0.2) is 6.10 Å². The number of rotatable bonds is 7. The van der Waals surface area contributed by atoms with Crippen molar-refractivity contribution in [3.8, 4) is 5.75 Å². The van der Waals surface area contributed by atoms with Gasteiger partial charge < -0.3 is 14.8 Å². The maximum Gasteiger partial charge on any atom is 0.338 e. The molecule has 0 heterocycles. The molecule has 0 aliphatic heterocycles. The summed E-state index contributed by atoms with van der Waals surface area (Å²) >= 11 is 0. The van der Waals surface area contributed by atoms with E-state index in [4.69, 9.17) is 9.47 Å². The van der Waals surface area contributed by atoms with E-state index in [1.807, 2.05) is 45.0 Å². The molecular weight excluding hydrogens is 330 g/mol. The summed E-state index contributed by atoms with van der Waals surface area (Å²) in [4.78, 5) is 24.4. The predicted molar refractivity (Wildman–Crippen MR) is 102 cm³/mol. The minimum absolute atomic E-state index is 0.220. The number of amides is 1. The molecule has 2 aromatic rings. The Hall–Kier alpha value is -2.82. The number of hydrogen-bond donors (Lipinski definition) is 1. The van der Waals surface area contributed by atoms with Crippen LogP contribution in [0.4, 0.5) is 5.69 Å². The highest BCUT2D eigenvalue weighted by Gasteiger charge is 2.20. The highest BCUT2D eigenvalue weighted by atomic mass is 16.5. The molecule has 0 fully saturated rings. The fourth-order valence-electron chi connectivity index (χ4n) is 2.52. The average Bonchev–Trinajstić information content (AvgIpc) is 2.62. The van der Waals surface area contributed by atoms with Crippen LogP contribution in [-0.4, -0.2) is 24.6 Å². The van der Waals surface area contributed by atoms with E-state index in [0.29, 0.717) is 30.0 Å². The van der Waals surface area contributed by atoms with Crippen molar-refractivity contribution in [3.05, 3.63) is 59.2 Å². The molecular formula is C21H25NO4. The van der Waals surface area contributed by atoms with Crippen molar-refractivity contribution in [2.24, 2.45) is 0 Å². The minimum atomic E-state index is -0.597. The van der Waals surface area contributed by atoms with Crippen LogP contribution in [0, 0.1) is 13.8 Å². The van der Waals surface area contributed by atoms with Crippen LogP contribution in [-0.2, 0) is 9.53 Å². The lowest BCUT2D eigenvalue weighted by Crippen LogP contribution is -2.32. The monoisotopic (exact) mass is 355 g/mol. The molecule has 2 aromatic carbocycles. The maximum absolute atomic E-state index is 12.6. The highest BCUT2D eigenvalue weighted by Crippen LogP contribution is 2.21. The Balaban J connectivity index is 2.10. The minimum Gasteiger partial charge on any atom is -0.480 e. The lowest BCUT2D eigenvalue weighted by Gasteiger charge is -2.19. The fraction of sp³-hybridized carbons (Fsp3) is 0.333. The Morgan fingerprint density at radius 3 is 2.38 bits per heavy atom. The smallest absolute Gasteiger partial charge is 0.338 e. The molecule has 138 valence electrons. The van der Waals surface area contributed by atoms with Crippen LogP contribution < -0.4 is 10.1 Å². The number of carbonyl (C=O) groups is 2. The van der Waals surface area contributed by atoms with E-state index >= 15 is 0 Å². The zero-order chi connectivity index (χ0) is 19.1. The number of esters is 1. The molecule has 1 atom stereocenters. The summed E-state index contributed by atoms with van der Waals surface area (Å²) in [7, 11) is 0. The average molecular weight is 355 g/mol. The molecule has 0 aliphatic carbocycles. The van der Waals surface area contributed by atoms with E-state index in [1.54, 1.807) is 25.1 Å². The Morgan fingerprint density at radius 2 is 1.77 bits per heavy atom. The Morgan fingerprint density at radius 1 is 1.04 bits per heavy atom. The van der Waals surface area contributed by atoms with Crippen LogP contribution >= 0.6 is 0 Å². The molecule has 0 unspecified atom stereocenters. The number of ether oxygens (including phenoxy) is 2. The quantitative estimate of drug-likeness (QED) is 0.753. The van der Waals surface area contributed by atoms with Gasteiger partial charge in [-0.2, -0.15) is 0 Å². The first kappa shape index (κ1) is 19.5. The zero-order valence-corrected chi connectivity index (χ0v) is 15.7. The topological polar surface area (TPSA) is 64.6 Å². The number of para-hydroxylation sites is 1. The largest absolute Gasteiger partial charge is 0.480 e. The first-order chi connectivity index (χ1) is 12.5. The standard InChI is InChI=1S/C21H25NO4/c1-5-18(26-19-10-8-7-9-14(19)3)20(23)22-17-12-11-16(13-15(17)4)21(24)25-6-2/h7-13,18H,5-6H2,1-4H3,(H,22,23)/t18-/m0/s1.